The molecule has 11 heteroatoms. The number of carbonyl (C=O) groups excluding carboxylic acids is 1. The number of nitrogens with zero attached hydrogens (tertiary/aromatic N) is 2. The predicted molar refractivity (Wildman–Crippen MR) is 105 cm³/mol. The standard InChI is InChI=1S/C19H18F3N5O2S/c1-27-18(23)26-19(5-2-6-29-17(19)30-27)12-8-11(3-4-13(12)21)25-16(28)15-14(22)7-10(20)9-24-15/h3-4,7-9,17H,2,5-6H2,1H3,(H2,23,26)(H,25,28). The molecule has 0 bridgehead atoms. The molecule has 2 atom stereocenters. The van der Waals surface area contributed by atoms with Gasteiger partial charge in [0.05, 0.1) is 6.20 Å². The summed E-state index contributed by atoms with van der Waals surface area (Å²) in [6.07, 6.45) is 1.91. The first-order valence-corrected chi connectivity index (χ1v) is 9.95. The maximum absolute atomic E-state index is 14.9. The van der Waals surface area contributed by atoms with Crippen LogP contribution in [-0.2, 0) is 10.3 Å². The molecule has 2 saturated heterocycles. The average molecular weight is 437 g/mol. The van der Waals surface area contributed by atoms with E-state index in [1.165, 1.54) is 30.1 Å². The van der Waals surface area contributed by atoms with Gasteiger partial charge in [-0.2, -0.15) is 0 Å². The molecule has 1 aromatic carbocycles. The van der Waals surface area contributed by atoms with Crippen molar-refractivity contribution in [2.75, 3.05) is 19.0 Å². The van der Waals surface area contributed by atoms with Gasteiger partial charge in [-0.05, 0) is 43.0 Å². The maximum Gasteiger partial charge on any atom is 0.277 e. The van der Waals surface area contributed by atoms with Crippen LogP contribution in [0, 0.1) is 22.9 Å². The number of amides is 1. The number of rotatable bonds is 3. The van der Waals surface area contributed by atoms with Crippen LogP contribution in [0.25, 0.3) is 0 Å². The molecule has 2 unspecified atom stereocenters. The van der Waals surface area contributed by atoms with Crippen LogP contribution < -0.4 is 10.6 Å². The van der Waals surface area contributed by atoms with E-state index < -0.39 is 40.0 Å². The number of carbonyl (C=O) groups is 1. The lowest BCUT2D eigenvalue weighted by Gasteiger charge is -2.50. The summed E-state index contributed by atoms with van der Waals surface area (Å²) in [5, 5.41) is 13.7. The first kappa shape index (κ1) is 20.5. The SMILES string of the molecule is CN1SC2OCCCC2(c2cc(NC(=O)c3ncc(F)cc3F)ccc2F)NC1=N. The van der Waals surface area contributed by atoms with Gasteiger partial charge in [0.1, 0.15) is 22.6 Å². The largest absolute Gasteiger partial charge is 0.363 e. The molecule has 2 aromatic rings. The maximum atomic E-state index is 14.9. The summed E-state index contributed by atoms with van der Waals surface area (Å²) in [5.41, 5.74) is -1.63. The van der Waals surface area contributed by atoms with E-state index in [4.69, 9.17) is 10.1 Å². The zero-order valence-corrected chi connectivity index (χ0v) is 16.7. The Morgan fingerprint density at radius 1 is 1.37 bits per heavy atom. The van der Waals surface area contributed by atoms with E-state index in [2.05, 4.69) is 15.6 Å². The van der Waals surface area contributed by atoms with Crippen LogP contribution >= 0.6 is 11.9 Å². The van der Waals surface area contributed by atoms with Crippen molar-refractivity contribution in [3.8, 4) is 0 Å². The molecular formula is C19H18F3N5O2S. The fourth-order valence-electron chi connectivity index (χ4n) is 3.58. The normalized spacial score (nSPS) is 23.5. The van der Waals surface area contributed by atoms with E-state index in [0.29, 0.717) is 25.5 Å². The molecule has 30 heavy (non-hydrogen) atoms. The molecule has 2 fully saturated rings. The first-order chi connectivity index (χ1) is 14.3. The predicted octanol–water partition coefficient (Wildman–Crippen LogP) is 3.20. The lowest BCUT2D eigenvalue weighted by Crippen LogP contribution is -2.62. The van der Waals surface area contributed by atoms with E-state index in [9.17, 15) is 18.0 Å². The van der Waals surface area contributed by atoms with Crippen molar-refractivity contribution in [1.29, 1.82) is 5.41 Å². The van der Waals surface area contributed by atoms with Gasteiger partial charge in [-0.1, -0.05) is 0 Å². The van der Waals surface area contributed by atoms with E-state index >= 15 is 0 Å². The van der Waals surface area contributed by atoms with Crippen molar-refractivity contribution in [2.45, 2.75) is 23.8 Å². The highest BCUT2D eigenvalue weighted by molar-refractivity contribution is 7.98. The Hall–Kier alpha value is -2.79. The minimum Gasteiger partial charge on any atom is -0.363 e. The van der Waals surface area contributed by atoms with Gasteiger partial charge in [0.15, 0.2) is 11.5 Å². The second-order valence-corrected chi connectivity index (χ2v) is 8.17. The molecule has 3 N–H and O–H groups in total. The van der Waals surface area contributed by atoms with Gasteiger partial charge in [-0.3, -0.25) is 14.5 Å². The summed E-state index contributed by atoms with van der Waals surface area (Å²) >= 11 is 1.28. The van der Waals surface area contributed by atoms with E-state index in [1.807, 2.05) is 0 Å². The van der Waals surface area contributed by atoms with Crippen molar-refractivity contribution in [3.05, 3.63) is 59.2 Å². The molecule has 0 saturated carbocycles. The summed E-state index contributed by atoms with van der Waals surface area (Å²) in [7, 11) is 1.71. The lowest BCUT2D eigenvalue weighted by atomic mass is 9.83. The van der Waals surface area contributed by atoms with Gasteiger partial charge in [0.25, 0.3) is 5.91 Å². The van der Waals surface area contributed by atoms with Crippen molar-refractivity contribution in [2.24, 2.45) is 0 Å². The number of aromatic nitrogens is 1. The second-order valence-electron chi connectivity index (χ2n) is 6.99. The molecule has 1 amide bonds. The van der Waals surface area contributed by atoms with E-state index in [-0.39, 0.29) is 17.2 Å². The van der Waals surface area contributed by atoms with Crippen molar-refractivity contribution < 1.29 is 22.7 Å². The first-order valence-electron chi connectivity index (χ1n) is 9.11. The number of anilines is 1. The number of benzene rings is 1. The molecule has 4 rings (SSSR count). The molecule has 0 radical (unpaired) electrons. The fourth-order valence-corrected chi connectivity index (χ4v) is 4.65. The zero-order chi connectivity index (χ0) is 21.5. The summed E-state index contributed by atoms with van der Waals surface area (Å²) < 4.78 is 49.2. The third-order valence-electron chi connectivity index (χ3n) is 5.02. The highest BCUT2D eigenvalue weighted by Crippen LogP contribution is 2.45. The van der Waals surface area contributed by atoms with Crippen LogP contribution in [0.4, 0.5) is 18.9 Å². The smallest absolute Gasteiger partial charge is 0.277 e. The van der Waals surface area contributed by atoms with E-state index in [1.54, 1.807) is 11.4 Å². The molecule has 1 aromatic heterocycles. The quantitative estimate of drug-likeness (QED) is 0.639. The molecule has 2 aliphatic rings. The number of nitrogens with one attached hydrogen (secondary N) is 3. The zero-order valence-electron chi connectivity index (χ0n) is 15.8. The highest BCUT2D eigenvalue weighted by atomic mass is 32.2. The Bertz CT molecular complexity index is 1020. The molecule has 3 heterocycles. The number of ether oxygens (including phenoxy) is 1. The summed E-state index contributed by atoms with van der Waals surface area (Å²) in [6.45, 7) is 0.510. The average Bonchev–Trinajstić information content (AvgIpc) is 2.70. The van der Waals surface area contributed by atoms with Crippen LogP contribution in [0.15, 0.2) is 30.5 Å². The fraction of sp³-hybridized carbons (Fsp3) is 0.316. The Balaban J connectivity index is 1.67. The number of guanidine groups is 1. The Labute approximate surface area is 174 Å². The van der Waals surface area contributed by atoms with Gasteiger partial charge in [0, 0.05) is 31.0 Å². The minimum absolute atomic E-state index is 0.105. The molecule has 0 spiro atoms. The minimum atomic E-state index is -1.10. The van der Waals surface area contributed by atoms with Crippen molar-refractivity contribution >= 4 is 29.5 Å². The topological polar surface area (TPSA) is 90.3 Å². The number of hydrogen-bond acceptors (Lipinski definition) is 5. The lowest BCUT2D eigenvalue weighted by molar-refractivity contribution is -0.00440. The van der Waals surface area contributed by atoms with Gasteiger partial charge >= 0.3 is 0 Å². The third kappa shape index (κ3) is 3.58. The van der Waals surface area contributed by atoms with Crippen molar-refractivity contribution in [1.82, 2.24) is 14.6 Å². The Morgan fingerprint density at radius 2 is 2.17 bits per heavy atom. The molecule has 158 valence electrons. The molecule has 7 nitrogen and oxygen atoms in total. The number of fused-ring (bicyclic) bond motifs is 1. The van der Waals surface area contributed by atoms with Gasteiger partial charge < -0.3 is 15.4 Å². The molecular weight excluding hydrogens is 419 g/mol. The van der Waals surface area contributed by atoms with Crippen LogP contribution in [0.5, 0.6) is 0 Å². The van der Waals surface area contributed by atoms with Crippen molar-refractivity contribution in [3.63, 3.8) is 0 Å². The monoisotopic (exact) mass is 437 g/mol. The third-order valence-corrected chi connectivity index (χ3v) is 6.25. The Kier molecular flexibility index (Phi) is 5.33. The second kappa shape index (κ2) is 7.80. The van der Waals surface area contributed by atoms with Gasteiger partial charge in [-0.25, -0.2) is 18.2 Å². The van der Waals surface area contributed by atoms with Crippen LogP contribution in [0.1, 0.15) is 28.9 Å². The van der Waals surface area contributed by atoms with Gasteiger partial charge in [-0.15, -0.1) is 0 Å². The number of pyridine rings is 1. The summed E-state index contributed by atoms with van der Waals surface area (Å²) in [6, 6.07) is 4.52. The summed E-state index contributed by atoms with van der Waals surface area (Å²) in [5.74, 6) is -3.31. The van der Waals surface area contributed by atoms with Crippen LogP contribution in [0.2, 0.25) is 0 Å². The van der Waals surface area contributed by atoms with Gasteiger partial charge in [0.2, 0.25) is 5.96 Å². The van der Waals surface area contributed by atoms with Crippen LogP contribution in [-0.4, -0.2) is 40.2 Å². The van der Waals surface area contributed by atoms with Crippen LogP contribution in [0.3, 0.4) is 0 Å². The van der Waals surface area contributed by atoms with E-state index in [0.717, 1.165) is 6.20 Å². The molecule has 0 aliphatic carbocycles. The molecule has 2 aliphatic heterocycles. The summed E-state index contributed by atoms with van der Waals surface area (Å²) in [4.78, 5) is 15.9. The number of halogens is 3. The Morgan fingerprint density at radius 3 is 2.93 bits per heavy atom. The number of hydrogen-bond donors (Lipinski definition) is 3. The highest BCUT2D eigenvalue weighted by Gasteiger charge is 2.50.